The van der Waals surface area contributed by atoms with Gasteiger partial charge in [0.25, 0.3) is 5.91 Å². The maximum Gasteiger partial charge on any atom is 0.257 e. The molecule has 0 aromatic carbocycles. The van der Waals surface area contributed by atoms with Crippen LogP contribution in [0.3, 0.4) is 0 Å². The normalized spacial score (nSPS) is 10.7. The SMILES string of the molecule is CC(C)N(CCCBr)C(=O)c1ccoc1. The van der Waals surface area contributed by atoms with Gasteiger partial charge in [-0.1, -0.05) is 15.9 Å². The highest BCUT2D eigenvalue weighted by atomic mass is 79.9. The molecule has 0 bridgehead atoms. The van der Waals surface area contributed by atoms with E-state index in [0.29, 0.717) is 5.56 Å². The Labute approximate surface area is 98.6 Å². The average molecular weight is 274 g/mol. The largest absolute Gasteiger partial charge is 0.472 e. The summed E-state index contributed by atoms with van der Waals surface area (Å²) in [5.74, 6) is 0.0414. The van der Waals surface area contributed by atoms with Gasteiger partial charge in [-0.15, -0.1) is 0 Å². The molecule has 0 atom stereocenters. The third-order valence-corrected chi connectivity index (χ3v) is 2.75. The van der Waals surface area contributed by atoms with Crippen molar-refractivity contribution >= 4 is 21.8 Å². The average Bonchev–Trinajstić information content (AvgIpc) is 2.70. The Balaban J connectivity index is 2.67. The molecule has 0 aliphatic carbocycles. The van der Waals surface area contributed by atoms with Crippen LogP contribution in [0.2, 0.25) is 0 Å². The van der Waals surface area contributed by atoms with Crippen molar-refractivity contribution in [1.29, 1.82) is 0 Å². The van der Waals surface area contributed by atoms with E-state index < -0.39 is 0 Å². The second kappa shape index (κ2) is 5.95. The molecule has 0 saturated carbocycles. The van der Waals surface area contributed by atoms with E-state index >= 15 is 0 Å². The van der Waals surface area contributed by atoms with Crippen molar-refractivity contribution in [3.05, 3.63) is 24.2 Å². The Bertz CT molecular complexity index is 296. The third kappa shape index (κ3) is 3.38. The zero-order valence-electron chi connectivity index (χ0n) is 9.07. The highest BCUT2D eigenvalue weighted by molar-refractivity contribution is 9.09. The van der Waals surface area contributed by atoms with E-state index in [1.54, 1.807) is 6.07 Å². The molecule has 0 saturated heterocycles. The van der Waals surface area contributed by atoms with E-state index in [2.05, 4.69) is 15.9 Å². The van der Waals surface area contributed by atoms with Gasteiger partial charge in [-0.05, 0) is 26.3 Å². The van der Waals surface area contributed by atoms with Gasteiger partial charge in [0.05, 0.1) is 11.8 Å². The summed E-state index contributed by atoms with van der Waals surface area (Å²) in [5.41, 5.74) is 0.623. The van der Waals surface area contributed by atoms with Gasteiger partial charge in [0.2, 0.25) is 0 Å². The fourth-order valence-electron chi connectivity index (χ4n) is 1.38. The van der Waals surface area contributed by atoms with Gasteiger partial charge in [-0.25, -0.2) is 0 Å². The third-order valence-electron chi connectivity index (χ3n) is 2.18. The molecule has 4 heteroatoms. The maximum absolute atomic E-state index is 12.0. The van der Waals surface area contributed by atoms with Crippen molar-refractivity contribution in [2.75, 3.05) is 11.9 Å². The number of nitrogens with zero attached hydrogens (tertiary/aromatic N) is 1. The molecule has 1 aromatic rings. The number of amides is 1. The number of rotatable bonds is 5. The van der Waals surface area contributed by atoms with Crippen LogP contribution in [0.1, 0.15) is 30.6 Å². The number of furan rings is 1. The van der Waals surface area contributed by atoms with E-state index in [9.17, 15) is 4.79 Å². The molecular weight excluding hydrogens is 258 g/mol. The molecule has 0 radical (unpaired) electrons. The molecule has 84 valence electrons. The van der Waals surface area contributed by atoms with Crippen LogP contribution < -0.4 is 0 Å². The van der Waals surface area contributed by atoms with Crippen LogP contribution in [-0.4, -0.2) is 28.7 Å². The number of halogens is 1. The summed E-state index contributed by atoms with van der Waals surface area (Å²) in [7, 11) is 0. The van der Waals surface area contributed by atoms with Gasteiger partial charge in [-0.2, -0.15) is 0 Å². The van der Waals surface area contributed by atoms with E-state index in [-0.39, 0.29) is 11.9 Å². The minimum atomic E-state index is 0.0414. The lowest BCUT2D eigenvalue weighted by Gasteiger charge is -2.25. The predicted octanol–water partition coefficient (Wildman–Crippen LogP) is 2.92. The summed E-state index contributed by atoms with van der Waals surface area (Å²) in [6.45, 7) is 4.81. The van der Waals surface area contributed by atoms with E-state index in [1.165, 1.54) is 12.5 Å². The molecule has 1 aromatic heterocycles. The first-order chi connectivity index (χ1) is 7.16. The number of carbonyl (C=O) groups is 1. The van der Waals surface area contributed by atoms with Gasteiger partial charge < -0.3 is 9.32 Å². The van der Waals surface area contributed by atoms with Gasteiger partial charge in [-0.3, -0.25) is 4.79 Å². The molecule has 1 amide bonds. The van der Waals surface area contributed by atoms with Crippen molar-refractivity contribution in [3.8, 4) is 0 Å². The molecule has 1 rings (SSSR count). The van der Waals surface area contributed by atoms with Gasteiger partial charge >= 0.3 is 0 Å². The molecule has 0 aliphatic rings. The van der Waals surface area contributed by atoms with Crippen LogP contribution in [0.15, 0.2) is 23.0 Å². The zero-order chi connectivity index (χ0) is 11.3. The molecule has 1 heterocycles. The molecule has 3 nitrogen and oxygen atoms in total. The van der Waals surface area contributed by atoms with Crippen molar-refractivity contribution < 1.29 is 9.21 Å². The van der Waals surface area contributed by atoms with Crippen LogP contribution in [0.5, 0.6) is 0 Å². The van der Waals surface area contributed by atoms with E-state index in [0.717, 1.165) is 18.3 Å². The first-order valence-electron chi connectivity index (χ1n) is 5.06. The number of alkyl halides is 1. The summed E-state index contributed by atoms with van der Waals surface area (Å²) in [6, 6.07) is 1.91. The Morgan fingerprint density at radius 2 is 2.33 bits per heavy atom. The fourth-order valence-corrected chi connectivity index (χ4v) is 1.63. The summed E-state index contributed by atoms with van der Waals surface area (Å²) in [5, 5.41) is 0.912. The molecule has 0 spiro atoms. The lowest BCUT2D eigenvalue weighted by atomic mass is 10.2. The molecule has 0 aliphatic heterocycles. The maximum atomic E-state index is 12.0. The summed E-state index contributed by atoms with van der Waals surface area (Å²) < 4.78 is 4.91. The topological polar surface area (TPSA) is 33.5 Å². The lowest BCUT2D eigenvalue weighted by molar-refractivity contribution is 0.0706. The quantitative estimate of drug-likeness (QED) is 0.773. The fraction of sp³-hybridized carbons (Fsp3) is 0.545. The lowest BCUT2D eigenvalue weighted by Crippen LogP contribution is -2.37. The Morgan fingerprint density at radius 1 is 1.60 bits per heavy atom. The number of hydrogen-bond acceptors (Lipinski definition) is 2. The number of carbonyl (C=O) groups excluding carboxylic acids is 1. The predicted molar refractivity (Wildman–Crippen MR) is 63.3 cm³/mol. The van der Waals surface area contributed by atoms with Crippen molar-refractivity contribution in [2.45, 2.75) is 26.3 Å². The molecule has 0 fully saturated rings. The Kier molecular flexibility index (Phi) is 4.88. The van der Waals surface area contributed by atoms with Crippen LogP contribution in [-0.2, 0) is 0 Å². The number of hydrogen-bond donors (Lipinski definition) is 0. The molecule has 0 N–H and O–H groups in total. The van der Waals surface area contributed by atoms with Crippen LogP contribution in [0.4, 0.5) is 0 Å². The van der Waals surface area contributed by atoms with E-state index in [4.69, 9.17) is 4.42 Å². The minimum Gasteiger partial charge on any atom is -0.472 e. The molecular formula is C11H16BrNO2. The Hall–Kier alpha value is -0.770. The highest BCUT2D eigenvalue weighted by Gasteiger charge is 2.18. The summed E-state index contributed by atoms with van der Waals surface area (Å²) in [4.78, 5) is 13.9. The second-order valence-corrected chi connectivity index (χ2v) is 4.44. The molecule has 15 heavy (non-hydrogen) atoms. The van der Waals surface area contributed by atoms with Gasteiger partial charge in [0, 0.05) is 17.9 Å². The summed E-state index contributed by atoms with van der Waals surface area (Å²) in [6.07, 6.45) is 3.98. The van der Waals surface area contributed by atoms with Gasteiger partial charge in [0.15, 0.2) is 0 Å². The van der Waals surface area contributed by atoms with Crippen LogP contribution in [0.25, 0.3) is 0 Å². The second-order valence-electron chi connectivity index (χ2n) is 3.65. The zero-order valence-corrected chi connectivity index (χ0v) is 10.7. The molecule has 0 unspecified atom stereocenters. The monoisotopic (exact) mass is 273 g/mol. The van der Waals surface area contributed by atoms with Gasteiger partial charge in [0.1, 0.15) is 6.26 Å². The standard InChI is InChI=1S/C11H16BrNO2/c1-9(2)13(6-3-5-12)11(14)10-4-7-15-8-10/h4,7-9H,3,5-6H2,1-2H3. The highest BCUT2D eigenvalue weighted by Crippen LogP contribution is 2.10. The van der Waals surface area contributed by atoms with E-state index in [1.807, 2.05) is 18.7 Å². The Morgan fingerprint density at radius 3 is 2.80 bits per heavy atom. The smallest absolute Gasteiger partial charge is 0.257 e. The minimum absolute atomic E-state index is 0.0414. The van der Waals surface area contributed by atoms with Crippen molar-refractivity contribution in [2.24, 2.45) is 0 Å². The van der Waals surface area contributed by atoms with Crippen LogP contribution >= 0.6 is 15.9 Å². The summed E-state index contributed by atoms with van der Waals surface area (Å²) >= 11 is 3.37. The first kappa shape index (κ1) is 12.3. The van der Waals surface area contributed by atoms with Crippen LogP contribution in [0, 0.1) is 0 Å². The first-order valence-corrected chi connectivity index (χ1v) is 6.18. The van der Waals surface area contributed by atoms with Crippen molar-refractivity contribution in [3.63, 3.8) is 0 Å². The van der Waals surface area contributed by atoms with Crippen molar-refractivity contribution in [1.82, 2.24) is 4.90 Å².